The Hall–Kier alpha value is -1.98. The van der Waals surface area contributed by atoms with Gasteiger partial charge >= 0.3 is 5.97 Å². The Morgan fingerprint density at radius 2 is 2.05 bits per heavy atom. The molecule has 1 aliphatic rings. The van der Waals surface area contributed by atoms with Crippen LogP contribution in [-0.2, 0) is 4.79 Å². The van der Waals surface area contributed by atoms with E-state index in [0.29, 0.717) is 29.9 Å². The van der Waals surface area contributed by atoms with Gasteiger partial charge in [0.1, 0.15) is 5.82 Å². The number of hydrogen-bond acceptors (Lipinski definition) is 4. The Kier molecular flexibility index (Phi) is 4.01. The van der Waals surface area contributed by atoms with Crippen LogP contribution in [-0.4, -0.2) is 44.4 Å². The quantitative estimate of drug-likeness (QED) is 0.883. The first kappa shape index (κ1) is 14.4. The molecule has 1 N–H and O–H groups in total. The highest BCUT2D eigenvalue weighted by Gasteiger charge is 2.33. The summed E-state index contributed by atoms with van der Waals surface area (Å²) < 4.78 is 0. The zero-order valence-corrected chi connectivity index (χ0v) is 12.0. The van der Waals surface area contributed by atoms with E-state index in [4.69, 9.17) is 5.11 Å². The number of aromatic nitrogens is 2. The molecule has 0 spiro atoms. The van der Waals surface area contributed by atoms with Gasteiger partial charge in [0, 0.05) is 18.8 Å². The smallest absolute Gasteiger partial charge is 0.308 e. The third kappa shape index (κ3) is 2.79. The lowest BCUT2D eigenvalue weighted by Crippen LogP contribution is -2.47. The molecule has 0 saturated carbocycles. The minimum atomic E-state index is -0.841. The van der Waals surface area contributed by atoms with Crippen LogP contribution in [0.1, 0.15) is 41.6 Å². The normalized spacial score (nSPS) is 22.6. The molecule has 1 fully saturated rings. The fourth-order valence-corrected chi connectivity index (χ4v) is 2.54. The second-order valence-electron chi connectivity index (χ2n) is 5.34. The molecule has 2 rings (SSSR count). The molecular formula is C14H19N3O3. The summed E-state index contributed by atoms with van der Waals surface area (Å²) in [5.74, 6) is -0.886. The average Bonchev–Trinajstić information content (AvgIpc) is 2.38. The van der Waals surface area contributed by atoms with Crippen molar-refractivity contribution >= 4 is 11.9 Å². The van der Waals surface area contributed by atoms with Crippen molar-refractivity contribution in [3.63, 3.8) is 0 Å². The molecule has 0 bridgehead atoms. The second kappa shape index (κ2) is 5.56. The lowest BCUT2D eigenvalue weighted by atomic mass is 9.93. The van der Waals surface area contributed by atoms with E-state index in [1.165, 1.54) is 6.20 Å². The molecule has 0 aliphatic carbocycles. The summed E-state index contributed by atoms with van der Waals surface area (Å²) in [6.45, 7) is 5.74. The number of aryl methyl sites for hydroxylation is 2. The zero-order valence-electron chi connectivity index (χ0n) is 12.0. The first-order valence-corrected chi connectivity index (χ1v) is 6.74. The number of carboxylic acid groups (broad SMARTS) is 1. The fourth-order valence-electron chi connectivity index (χ4n) is 2.54. The topological polar surface area (TPSA) is 83.4 Å². The number of nitrogens with zero attached hydrogens (tertiary/aromatic N) is 3. The molecule has 0 aromatic carbocycles. The number of aliphatic carboxylic acids is 1. The van der Waals surface area contributed by atoms with Crippen molar-refractivity contribution in [2.24, 2.45) is 5.92 Å². The van der Waals surface area contributed by atoms with Crippen LogP contribution >= 0.6 is 0 Å². The van der Waals surface area contributed by atoms with Crippen molar-refractivity contribution in [1.29, 1.82) is 0 Å². The van der Waals surface area contributed by atoms with Crippen LogP contribution in [0.2, 0.25) is 0 Å². The number of carboxylic acids is 1. The van der Waals surface area contributed by atoms with Gasteiger partial charge in [-0.3, -0.25) is 9.59 Å². The Morgan fingerprint density at radius 3 is 2.65 bits per heavy atom. The maximum Gasteiger partial charge on any atom is 0.308 e. The lowest BCUT2D eigenvalue weighted by Gasteiger charge is -2.36. The number of amides is 1. The van der Waals surface area contributed by atoms with Crippen molar-refractivity contribution in [3.05, 3.63) is 23.3 Å². The molecule has 2 atom stereocenters. The molecule has 6 heteroatoms. The van der Waals surface area contributed by atoms with Gasteiger partial charge in [0.25, 0.3) is 5.91 Å². The predicted molar refractivity (Wildman–Crippen MR) is 72.4 cm³/mol. The Balaban J connectivity index is 2.24. The maximum absolute atomic E-state index is 12.6. The summed E-state index contributed by atoms with van der Waals surface area (Å²) in [5.41, 5.74) is 1.08. The van der Waals surface area contributed by atoms with E-state index in [9.17, 15) is 9.59 Å². The predicted octanol–water partition coefficient (Wildman–Crippen LogP) is 1.42. The van der Waals surface area contributed by atoms with Gasteiger partial charge in [0.15, 0.2) is 0 Å². The number of piperidine rings is 1. The maximum atomic E-state index is 12.6. The SMILES string of the molecule is Cc1ncc(C(=O)N2CC(C(=O)O)CCC2C)c(C)n1. The molecule has 1 aromatic rings. The first-order chi connectivity index (χ1) is 9.40. The van der Waals surface area contributed by atoms with E-state index in [2.05, 4.69) is 9.97 Å². The highest BCUT2D eigenvalue weighted by molar-refractivity contribution is 5.95. The Morgan fingerprint density at radius 1 is 1.35 bits per heavy atom. The van der Waals surface area contributed by atoms with Crippen molar-refractivity contribution in [2.45, 2.75) is 39.7 Å². The monoisotopic (exact) mass is 277 g/mol. The molecule has 2 heterocycles. The van der Waals surface area contributed by atoms with Crippen LogP contribution in [0.15, 0.2) is 6.20 Å². The van der Waals surface area contributed by atoms with Gasteiger partial charge in [0.05, 0.1) is 17.2 Å². The first-order valence-electron chi connectivity index (χ1n) is 6.74. The highest BCUT2D eigenvalue weighted by atomic mass is 16.4. The molecule has 1 aliphatic heterocycles. The third-order valence-electron chi connectivity index (χ3n) is 3.82. The molecule has 2 unspecified atom stereocenters. The van der Waals surface area contributed by atoms with Crippen molar-refractivity contribution in [2.75, 3.05) is 6.54 Å². The van der Waals surface area contributed by atoms with Crippen LogP contribution < -0.4 is 0 Å². The Bertz CT molecular complexity index is 544. The number of carbonyl (C=O) groups excluding carboxylic acids is 1. The number of hydrogen-bond donors (Lipinski definition) is 1. The molecular weight excluding hydrogens is 258 g/mol. The minimum absolute atomic E-state index is 0.0406. The third-order valence-corrected chi connectivity index (χ3v) is 3.82. The lowest BCUT2D eigenvalue weighted by molar-refractivity contribution is -0.143. The number of likely N-dealkylation sites (tertiary alicyclic amines) is 1. The highest BCUT2D eigenvalue weighted by Crippen LogP contribution is 2.24. The molecule has 1 aromatic heterocycles. The van der Waals surface area contributed by atoms with Gasteiger partial charge in [0.2, 0.25) is 0 Å². The van der Waals surface area contributed by atoms with E-state index in [1.54, 1.807) is 18.7 Å². The van der Waals surface area contributed by atoms with E-state index in [1.807, 2.05) is 6.92 Å². The fraction of sp³-hybridized carbons (Fsp3) is 0.571. The summed E-state index contributed by atoms with van der Waals surface area (Å²) in [4.78, 5) is 33.6. The molecule has 0 radical (unpaired) electrons. The molecule has 108 valence electrons. The molecule has 1 saturated heterocycles. The van der Waals surface area contributed by atoms with E-state index >= 15 is 0 Å². The van der Waals surface area contributed by atoms with Crippen LogP contribution in [0.25, 0.3) is 0 Å². The van der Waals surface area contributed by atoms with Gasteiger partial charge in [-0.25, -0.2) is 9.97 Å². The van der Waals surface area contributed by atoms with E-state index in [-0.39, 0.29) is 18.5 Å². The largest absolute Gasteiger partial charge is 0.481 e. The summed E-state index contributed by atoms with van der Waals surface area (Å²) in [5, 5.41) is 9.12. The summed E-state index contributed by atoms with van der Waals surface area (Å²) in [6.07, 6.45) is 2.84. The number of rotatable bonds is 2. The molecule has 20 heavy (non-hydrogen) atoms. The number of carbonyl (C=O) groups is 2. The second-order valence-corrected chi connectivity index (χ2v) is 5.34. The summed E-state index contributed by atoms with van der Waals surface area (Å²) in [7, 11) is 0. The van der Waals surface area contributed by atoms with Crippen molar-refractivity contribution < 1.29 is 14.7 Å². The van der Waals surface area contributed by atoms with Gasteiger partial charge < -0.3 is 10.0 Å². The van der Waals surface area contributed by atoms with Gasteiger partial charge in [-0.1, -0.05) is 0 Å². The van der Waals surface area contributed by atoms with Crippen molar-refractivity contribution in [3.8, 4) is 0 Å². The van der Waals surface area contributed by atoms with Crippen LogP contribution in [0.3, 0.4) is 0 Å². The van der Waals surface area contributed by atoms with Crippen LogP contribution in [0, 0.1) is 19.8 Å². The van der Waals surface area contributed by atoms with Crippen LogP contribution in [0.4, 0.5) is 0 Å². The van der Waals surface area contributed by atoms with Crippen molar-refractivity contribution in [1.82, 2.24) is 14.9 Å². The van der Waals surface area contributed by atoms with Gasteiger partial charge in [-0.2, -0.15) is 0 Å². The molecule has 1 amide bonds. The summed E-state index contributed by atoms with van der Waals surface area (Å²) in [6, 6.07) is 0.0406. The Labute approximate surface area is 117 Å². The standard InChI is InChI=1S/C14H19N3O3/c1-8-4-5-11(14(19)20)7-17(8)13(18)12-6-15-10(3)16-9(12)2/h6,8,11H,4-5,7H2,1-3H3,(H,19,20). The average molecular weight is 277 g/mol. The zero-order chi connectivity index (χ0) is 14.9. The molecule has 6 nitrogen and oxygen atoms in total. The van der Waals surface area contributed by atoms with E-state index < -0.39 is 11.9 Å². The minimum Gasteiger partial charge on any atom is -0.481 e. The van der Waals surface area contributed by atoms with Gasteiger partial charge in [-0.15, -0.1) is 0 Å². The van der Waals surface area contributed by atoms with E-state index in [0.717, 1.165) is 0 Å². The summed E-state index contributed by atoms with van der Waals surface area (Å²) >= 11 is 0. The van der Waals surface area contributed by atoms with Crippen LogP contribution in [0.5, 0.6) is 0 Å². The van der Waals surface area contributed by atoms with Gasteiger partial charge in [-0.05, 0) is 33.6 Å².